The second kappa shape index (κ2) is 6.65. The molecule has 1 N–H and O–H groups in total. The predicted molar refractivity (Wildman–Crippen MR) is 95.5 cm³/mol. The number of alkyl halides is 3. The van der Waals surface area contributed by atoms with Gasteiger partial charge in [-0.15, -0.1) is 0 Å². The molecule has 1 aliphatic heterocycles. The van der Waals surface area contributed by atoms with E-state index in [4.69, 9.17) is 33.0 Å². The number of aromatic nitrogens is 2. The average Bonchev–Trinajstić information content (AvgIpc) is 3.33. The van der Waals surface area contributed by atoms with Crippen LogP contribution in [0.2, 0.25) is 10.0 Å². The number of carboxylic acids is 1. The quantitative estimate of drug-likeness (QED) is 0.595. The van der Waals surface area contributed by atoms with Crippen molar-refractivity contribution in [2.45, 2.75) is 24.9 Å². The van der Waals surface area contributed by atoms with E-state index in [0.717, 1.165) is 12.1 Å². The number of carbonyl (C=O) groups is 1. The van der Waals surface area contributed by atoms with Crippen LogP contribution < -0.4 is 0 Å². The first-order valence-corrected chi connectivity index (χ1v) is 8.80. The van der Waals surface area contributed by atoms with E-state index < -0.39 is 29.9 Å². The Balaban J connectivity index is 1.82. The second-order valence-electron chi connectivity index (χ2n) is 6.32. The standard InChI is InChI=1S/C18H11Cl2F3N2O3/c19-10-3-1-8(12(20)6-10)7-25-13-5-9(18(21,22)23)2-4-11(13)14(24-25)15-16(28-15)17(26)27/h1-6,15-16H,7H2,(H,26,27)/t15-,16+/m1/s1. The Hall–Kier alpha value is -2.29. The monoisotopic (exact) mass is 430 g/mol. The summed E-state index contributed by atoms with van der Waals surface area (Å²) in [5.74, 6) is -1.15. The molecule has 0 aliphatic carbocycles. The van der Waals surface area contributed by atoms with Crippen molar-refractivity contribution < 1.29 is 27.8 Å². The first-order valence-electron chi connectivity index (χ1n) is 8.05. The van der Waals surface area contributed by atoms with E-state index >= 15 is 0 Å². The smallest absolute Gasteiger partial charge is 0.416 e. The molecule has 2 aromatic carbocycles. The van der Waals surface area contributed by atoms with Gasteiger partial charge in [0, 0.05) is 15.4 Å². The molecule has 2 heterocycles. The molecule has 4 rings (SSSR count). The molecule has 3 aromatic rings. The number of hydrogen-bond acceptors (Lipinski definition) is 3. The topological polar surface area (TPSA) is 67.7 Å². The number of epoxide rings is 1. The van der Waals surface area contributed by atoms with E-state index in [2.05, 4.69) is 5.10 Å². The van der Waals surface area contributed by atoms with Crippen LogP contribution in [0.25, 0.3) is 10.9 Å². The van der Waals surface area contributed by atoms with Gasteiger partial charge in [-0.3, -0.25) is 4.68 Å². The Morgan fingerprint density at radius 1 is 1.21 bits per heavy atom. The summed E-state index contributed by atoms with van der Waals surface area (Å²) in [6.07, 6.45) is -6.40. The van der Waals surface area contributed by atoms with Crippen LogP contribution in [0.5, 0.6) is 0 Å². The van der Waals surface area contributed by atoms with Gasteiger partial charge in [-0.1, -0.05) is 35.3 Å². The van der Waals surface area contributed by atoms with Gasteiger partial charge in [-0.2, -0.15) is 18.3 Å². The van der Waals surface area contributed by atoms with E-state index in [1.807, 2.05) is 0 Å². The van der Waals surface area contributed by atoms with Crippen LogP contribution in [-0.2, 0) is 22.3 Å². The van der Waals surface area contributed by atoms with E-state index in [0.29, 0.717) is 21.0 Å². The third-order valence-electron chi connectivity index (χ3n) is 4.45. The number of benzene rings is 2. The molecule has 0 bridgehead atoms. The molecular weight excluding hydrogens is 420 g/mol. The van der Waals surface area contributed by atoms with Crippen LogP contribution in [0.4, 0.5) is 13.2 Å². The van der Waals surface area contributed by atoms with Crippen molar-refractivity contribution in [1.29, 1.82) is 0 Å². The van der Waals surface area contributed by atoms with E-state index in [1.54, 1.807) is 12.1 Å². The average molecular weight is 431 g/mol. The van der Waals surface area contributed by atoms with Gasteiger partial charge in [0.2, 0.25) is 0 Å². The molecule has 0 amide bonds. The minimum atomic E-state index is -4.53. The fourth-order valence-electron chi connectivity index (χ4n) is 3.03. The maximum Gasteiger partial charge on any atom is 0.416 e. The van der Waals surface area contributed by atoms with Crippen LogP contribution in [0.1, 0.15) is 22.9 Å². The highest BCUT2D eigenvalue weighted by molar-refractivity contribution is 6.35. The van der Waals surface area contributed by atoms with Crippen LogP contribution in [0, 0.1) is 0 Å². The zero-order valence-corrected chi connectivity index (χ0v) is 15.4. The molecule has 0 radical (unpaired) electrons. The van der Waals surface area contributed by atoms with E-state index in [9.17, 15) is 18.0 Å². The first-order chi connectivity index (χ1) is 13.1. The molecule has 5 nitrogen and oxygen atoms in total. The van der Waals surface area contributed by atoms with Gasteiger partial charge in [-0.25, -0.2) is 4.79 Å². The highest BCUT2D eigenvalue weighted by Crippen LogP contribution is 2.42. The summed E-state index contributed by atoms with van der Waals surface area (Å²) in [5.41, 5.74) is 0.254. The minimum Gasteiger partial charge on any atom is -0.479 e. The van der Waals surface area contributed by atoms with E-state index in [-0.39, 0.29) is 17.8 Å². The minimum absolute atomic E-state index is 0.0816. The summed E-state index contributed by atoms with van der Waals surface area (Å²) in [6.45, 7) is 0.0816. The van der Waals surface area contributed by atoms with Crippen molar-refractivity contribution in [2.75, 3.05) is 0 Å². The van der Waals surface area contributed by atoms with Crippen molar-refractivity contribution in [1.82, 2.24) is 9.78 Å². The Kier molecular flexibility index (Phi) is 4.52. The van der Waals surface area contributed by atoms with Crippen LogP contribution in [0.15, 0.2) is 36.4 Å². The lowest BCUT2D eigenvalue weighted by atomic mass is 10.1. The Bertz CT molecular complexity index is 1100. The van der Waals surface area contributed by atoms with Crippen LogP contribution in [0.3, 0.4) is 0 Å². The molecule has 146 valence electrons. The summed E-state index contributed by atoms with van der Waals surface area (Å²) in [4.78, 5) is 11.1. The number of rotatable bonds is 4. The fourth-order valence-corrected chi connectivity index (χ4v) is 3.49. The van der Waals surface area contributed by atoms with Crippen molar-refractivity contribution >= 4 is 40.1 Å². The molecule has 10 heteroatoms. The lowest BCUT2D eigenvalue weighted by Gasteiger charge is -2.09. The zero-order chi connectivity index (χ0) is 20.2. The molecule has 0 unspecified atom stereocenters. The number of fused-ring (bicyclic) bond motifs is 1. The van der Waals surface area contributed by atoms with Gasteiger partial charge < -0.3 is 9.84 Å². The molecular formula is C18H11Cl2F3N2O3. The first kappa shape index (κ1) is 19.0. The molecule has 28 heavy (non-hydrogen) atoms. The SMILES string of the molecule is O=C(O)[C@H]1O[C@@H]1c1nn(Cc2ccc(Cl)cc2Cl)c2cc(C(F)(F)F)ccc12. The Morgan fingerprint density at radius 2 is 1.96 bits per heavy atom. The van der Waals surface area contributed by atoms with Gasteiger partial charge in [0.25, 0.3) is 0 Å². The Labute approximate surface area is 166 Å². The van der Waals surface area contributed by atoms with Gasteiger partial charge in [-0.05, 0) is 29.8 Å². The number of hydrogen-bond donors (Lipinski definition) is 1. The highest BCUT2D eigenvalue weighted by atomic mass is 35.5. The Morgan fingerprint density at radius 3 is 2.57 bits per heavy atom. The summed E-state index contributed by atoms with van der Waals surface area (Å²) < 4.78 is 46.0. The normalized spacial score (nSPS) is 19.2. The molecule has 2 atom stereocenters. The highest BCUT2D eigenvalue weighted by Gasteiger charge is 2.49. The molecule has 0 saturated carbocycles. The molecule has 1 fully saturated rings. The van der Waals surface area contributed by atoms with Crippen LogP contribution >= 0.6 is 23.2 Å². The predicted octanol–water partition coefficient (Wildman–Crippen LogP) is 4.93. The lowest BCUT2D eigenvalue weighted by Crippen LogP contribution is -2.07. The fraction of sp³-hybridized carbons (Fsp3) is 0.222. The number of aliphatic carboxylic acids is 1. The van der Waals surface area contributed by atoms with Crippen molar-refractivity contribution in [3.05, 3.63) is 63.3 Å². The van der Waals surface area contributed by atoms with E-state index in [1.165, 1.54) is 16.8 Å². The van der Waals surface area contributed by atoms with Gasteiger partial charge in [0.15, 0.2) is 6.10 Å². The maximum absolute atomic E-state index is 13.2. The summed E-state index contributed by atoms with van der Waals surface area (Å²) >= 11 is 12.1. The zero-order valence-electron chi connectivity index (χ0n) is 13.9. The number of carboxylic acid groups (broad SMARTS) is 1. The second-order valence-corrected chi connectivity index (χ2v) is 7.17. The lowest BCUT2D eigenvalue weighted by molar-refractivity contribution is -0.138. The van der Waals surface area contributed by atoms with Crippen LogP contribution in [-0.4, -0.2) is 27.0 Å². The largest absolute Gasteiger partial charge is 0.479 e. The third-order valence-corrected chi connectivity index (χ3v) is 5.03. The summed E-state index contributed by atoms with van der Waals surface area (Å²) in [6, 6.07) is 7.98. The number of halogens is 5. The molecule has 1 aliphatic rings. The molecule has 1 aromatic heterocycles. The molecule has 0 spiro atoms. The maximum atomic E-state index is 13.2. The van der Waals surface area contributed by atoms with Crippen molar-refractivity contribution in [3.63, 3.8) is 0 Å². The third kappa shape index (κ3) is 3.43. The van der Waals surface area contributed by atoms with Gasteiger partial charge in [0.05, 0.1) is 17.6 Å². The summed E-state index contributed by atoms with van der Waals surface area (Å²) in [7, 11) is 0. The molecule has 1 saturated heterocycles. The van der Waals surface area contributed by atoms with Crippen molar-refractivity contribution in [2.24, 2.45) is 0 Å². The number of ether oxygens (including phenoxy) is 1. The van der Waals surface area contributed by atoms with Gasteiger partial charge >= 0.3 is 12.1 Å². The van der Waals surface area contributed by atoms with Gasteiger partial charge in [0.1, 0.15) is 11.8 Å². The summed E-state index contributed by atoms with van der Waals surface area (Å²) in [5, 5.41) is 14.6. The number of nitrogens with zero attached hydrogens (tertiary/aromatic N) is 2. The van der Waals surface area contributed by atoms with Crippen molar-refractivity contribution in [3.8, 4) is 0 Å².